The molecule has 0 N–H and O–H groups in total. The van der Waals surface area contributed by atoms with Crippen molar-refractivity contribution in [1.82, 2.24) is 20.5 Å². The summed E-state index contributed by atoms with van der Waals surface area (Å²) in [7, 11) is 0. The third-order valence-electron chi connectivity index (χ3n) is 1.24. The van der Waals surface area contributed by atoms with Gasteiger partial charge in [-0.1, -0.05) is 5.16 Å². The van der Waals surface area contributed by atoms with Gasteiger partial charge in [-0.05, 0) is 11.2 Å². The van der Waals surface area contributed by atoms with Gasteiger partial charge >= 0.3 is 0 Å². The van der Waals surface area contributed by atoms with Crippen molar-refractivity contribution in [2.45, 2.75) is 0 Å². The number of aromatic nitrogens is 4. The molecule has 0 spiro atoms. The van der Waals surface area contributed by atoms with Crippen LogP contribution in [-0.4, -0.2) is 20.5 Å². The number of hydrogen-bond donors (Lipinski definition) is 0. The van der Waals surface area contributed by atoms with Crippen LogP contribution in [0.25, 0.3) is 11.3 Å². The highest BCUT2D eigenvalue weighted by Crippen LogP contribution is 2.11. The molecule has 0 radical (unpaired) electrons. The number of nitrogens with zero attached hydrogens (tertiary/aromatic N) is 4. The van der Waals surface area contributed by atoms with Gasteiger partial charge in [-0.2, -0.15) is 10.2 Å². The minimum absolute atomic E-state index is 0.667. The molecule has 0 amide bonds. The van der Waals surface area contributed by atoms with E-state index in [9.17, 15) is 0 Å². The highest BCUT2D eigenvalue weighted by molar-refractivity contribution is 5.54. The molecule has 2 heterocycles. The summed E-state index contributed by atoms with van der Waals surface area (Å²) in [6, 6.07) is 1.78. The van der Waals surface area contributed by atoms with Crippen LogP contribution in [0, 0.1) is 0 Å². The van der Waals surface area contributed by atoms with Crippen molar-refractivity contribution in [3.05, 3.63) is 24.7 Å². The summed E-state index contributed by atoms with van der Waals surface area (Å²) in [4.78, 5) is 0. The van der Waals surface area contributed by atoms with Crippen LogP contribution in [0.1, 0.15) is 0 Å². The average molecular weight is 148 g/mol. The fourth-order valence-corrected chi connectivity index (χ4v) is 0.734. The molecule has 0 atom stereocenters. The van der Waals surface area contributed by atoms with Crippen LogP contribution >= 0.6 is 0 Å². The molecule has 0 aromatic carbocycles. The molecule has 5 heteroatoms. The van der Waals surface area contributed by atoms with Crippen molar-refractivity contribution in [3.8, 4) is 11.3 Å². The summed E-state index contributed by atoms with van der Waals surface area (Å²) < 4.78 is 4.42. The third kappa shape index (κ3) is 1.07. The lowest BCUT2D eigenvalue weighted by Crippen LogP contribution is -1.80. The molecule has 11 heavy (non-hydrogen) atoms. The zero-order valence-electron chi connectivity index (χ0n) is 5.51. The lowest BCUT2D eigenvalue weighted by atomic mass is 10.2. The maximum Gasteiger partial charge on any atom is 0.136 e. The number of rotatable bonds is 1. The van der Waals surface area contributed by atoms with Gasteiger partial charge in [0.25, 0.3) is 0 Å². The topological polar surface area (TPSA) is 64.7 Å². The van der Waals surface area contributed by atoms with Crippen molar-refractivity contribution >= 4 is 0 Å². The van der Waals surface area contributed by atoms with E-state index in [0.717, 1.165) is 5.56 Å². The predicted molar refractivity (Wildman–Crippen MR) is 35.3 cm³/mol. The molecular weight excluding hydrogens is 144 g/mol. The highest BCUT2D eigenvalue weighted by Gasteiger charge is 1.99. The lowest BCUT2D eigenvalue weighted by molar-refractivity contribution is 0.308. The van der Waals surface area contributed by atoms with Crippen LogP contribution < -0.4 is 0 Å². The van der Waals surface area contributed by atoms with Gasteiger partial charge in [0.15, 0.2) is 0 Å². The van der Waals surface area contributed by atoms with Gasteiger partial charge in [0.05, 0.1) is 18.6 Å². The van der Waals surface area contributed by atoms with Crippen LogP contribution in [0.2, 0.25) is 0 Å². The van der Waals surface area contributed by atoms with Crippen LogP contribution in [0.5, 0.6) is 0 Å². The minimum atomic E-state index is 0.667. The highest BCUT2D eigenvalue weighted by atomic mass is 16.6. The van der Waals surface area contributed by atoms with E-state index in [0.29, 0.717) is 5.69 Å². The molecular formula is C6H4N4O. The van der Waals surface area contributed by atoms with Gasteiger partial charge in [-0.25, -0.2) is 4.63 Å². The number of hydrogen-bond acceptors (Lipinski definition) is 5. The summed E-state index contributed by atoms with van der Waals surface area (Å²) in [5.74, 6) is 0. The van der Waals surface area contributed by atoms with Crippen molar-refractivity contribution in [3.63, 3.8) is 0 Å². The van der Waals surface area contributed by atoms with Crippen molar-refractivity contribution in [2.24, 2.45) is 0 Å². The summed E-state index contributed by atoms with van der Waals surface area (Å²) in [6.45, 7) is 0. The van der Waals surface area contributed by atoms with E-state index < -0.39 is 0 Å². The Balaban J connectivity index is 2.46. The normalized spacial score (nSPS) is 9.82. The van der Waals surface area contributed by atoms with Crippen LogP contribution in [0.3, 0.4) is 0 Å². The zero-order valence-corrected chi connectivity index (χ0v) is 5.51. The second-order valence-electron chi connectivity index (χ2n) is 1.92. The SMILES string of the molecule is c1cc(-c2cnon2)cnn1. The second kappa shape index (κ2) is 2.45. The molecule has 54 valence electrons. The second-order valence-corrected chi connectivity index (χ2v) is 1.92. The smallest absolute Gasteiger partial charge is 0.136 e. The molecule has 2 aromatic heterocycles. The largest absolute Gasteiger partial charge is 0.244 e. The van der Waals surface area contributed by atoms with Crippen molar-refractivity contribution in [2.75, 3.05) is 0 Å². The van der Waals surface area contributed by atoms with Crippen molar-refractivity contribution in [1.29, 1.82) is 0 Å². The Hall–Kier alpha value is -1.78. The van der Waals surface area contributed by atoms with Gasteiger partial charge in [0.1, 0.15) is 5.69 Å². The predicted octanol–water partition coefficient (Wildman–Crippen LogP) is 0.527. The maximum atomic E-state index is 4.42. The quantitative estimate of drug-likeness (QED) is 0.590. The van der Waals surface area contributed by atoms with Crippen LogP contribution in [0.4, 0.5) is 0 Å². The van der Waals surface area contributed by atoms with E-state index in [1.807, 2.05) is 0 Å². The van der Waals surface area contributed by atoms with Gasteiger partial charge in [-0.3, -0.25) is 0 Å². The van der Waals surface area contributed by atoms with Crippen LogP contribution in [-0.2, 0) is 0 Å². The molecule has 0 aliphatic heterocycles. The first-order chi connectivity index (χ1) is 5.47. The molecule has 2 aromatic rings. The van der Waals surface area contributed by atoms with Gasteiger partial charge < -0.3 is 0 Å². The first kappa shape index (κ1) is 5.96. The van der Waals surface area contributed by atoms with E-state index in [-0.39, 0.29) is 0 Å². The first-order valence-electron chi connectivity index (χ1n) is 3.01. The molecule has 2 rings (SSSR count). The monoisotopic (exact) mass is 148 g/mol. The molecule has 0 fully saturated rings. The molecule has 0 bridgehead atoms. The first-order valence-corrected chi connectivity index (χ1v) is 3.01. The zero-order chi connectivity index (χ0) is 7.52. The standard InChI is InChI=1S/C6H4N4O/c1-2-7-8-3-5(1)6-4-9-11-10-6/h1-4H. The average Bonchev–Trinajstić information content (AvgIpc) is 2.58. The Morgan fingerprint density at radius 1 is 1.18 bits per heavy atom. The molecule has 5 nitrogen and oxygen atoms in total. The molecule has 0 saturated heterocycles. The van der Waals surface area contributed by atoms with E-state index in [2.05, 4.69) is 25.1 Å². The maximum absolute atomic E-state index is 4.42. The fraction of sp³-hybridized carbons (Fsp3) is 0. The lowest BCUT2D eigenvalue weighted by Gasteiger charge is -1.88. The summed E-state index contributed by atoms with van der Waals surface area (Å²) in [5, 5.41) is 14.4. The van der Waals surface area contributed by atoms with E-state index in [1.54, 1.807) is 18.5 Å². The van der Waals surface area contributed by atoms with E-state index in [1.165, 1.54) is 6.20 Å². The molecule has 0 aliphatic rings. The van der Waals surface area contributed by atoms with Gasteiger partial charge in [0.2, 0.25) is 0 Å². The molecule has 0 unspecified atom stereocenters. The van der Waals surface area contributed by atoms with Crippen LogP contribution in [0.15, 0.2) is 29.3 Å². The third-order valence-corrected chi connectivity index (χ3v) is 1.24. The minimum Gasteiger partial charge on any atom is -0.244 e. The Morgan fingerprint density at radius 3 is 2.82 bits per heavy atom. The Bertz CT molecular complexity index is 318. The summed E-state index contributed by atoms with van der Waals surface area (Å²) >= 11 is 0. The Labute approximate surface area is 62.0 Å². The summed E-state index contributed by atoms with van der Waals surface area (Å²) in [5.41, 5.74) is 1.51. The van der Waals surface area contributed by atoms with E-state index in [4.69, 9.17) is 0 Å². The molecule has 0 saturated carbocycles. The van der Waals surface area contributed by atoms with Gasteiger partial charge in [-0.15, -0.1) is 0 Å². The Kier molecular flexibility index (Phi) is 1.33. The molecule has 0 aliphatic carbocycles. The van der Waals surface area contributed by atoms with E-state index >= 15 is 0 Å². The Morgan fingerprint density at radius 2 is 2.18 bits per heavy atom. The fourth-order valence-electron chi connectivity index (χ4n) is 0.734. The summed E-state index contributed by atoms with van der Waals surface area (Å²) in [6.07, 6.45) is 4.71. The van der Waals surface area contributed by atoms with Crippen molar-refractivity contribution < 1.29 is 4.63 Å². The van der Waals surface area contributed by atoms with Gasteiger partial charge in [0, 0.05) is 5.56 Å².